The SMILES string of the molecule is CN=C(N)N1C=CC(CNCCO)C2(C1)C1CCC(C)C23CC(O)(C2CCC4CCC5NCCCC5C4O2)C(C(=O)O)=C3C1. The van der Waals surface area contributed by atoms with E-state index in [4.69, 9.17) is 10.5 Å². The summed E-state index contributed by atoms with van der Waals surface area (Å²) in [5.74, 6) is 0.892. The molecule has 11 atom stereocenters. The van der Waals surface area contributed by atoms with Crippen molar-refractivity contribution in [3.8, 4) is 0 Å². The molecule has 0 radical (unpaired) electrons. The van der Waals surface area contributed by atoms with Crippen LogP contribution in [0, 0.1) is 40.4 Å². The average Bonchev–Trinajstić information content (AvgIpc) is 3.39. The number of allylic oxidation sites excluding steroid dienone is 1. The van der Waals surface area contributed by atoms with Gasteiger partial charge in [-0.3, -0.25) is 4.99 Å². The maximum atomic E-state index is 13.4. The molecule has 10 nitrogen and oxygen atoms in total. The molecule has 2 spiro atoms. The number of aliphatic hydroxyl groups excluding tert-OH is 1. The van der Waals surface area contributed by atoms with Gasteiger partial charge in [0.15, 0.2) is 5.96 Å². The maximum absolute atomic E-state index is 13.4. The number of aliphatic carboxylic acids is 1. The first-order valence-electron chi connectivity index (χ1n) is 17.3. The summed E-state index contributed by atoms with van der Waals surface area (Å²) in [6.07, 6.45) is 13.1. The topological polar surface area (TPSA) is 153 Å². The Bertz CT molecular complexity index is 1240. The molecule has 44 heavy (non-hydrogen) atoms. The number of nitrogens with zero attached hydrogens (tertiary/aromatic N) is 2. The van der Waals surface area contributed by atoms with Gasteiger partial charge in [0.2, 0.25) is 0 Å². The lowest BCUT2D eigenvalue weighted by Gasteiger charge is -2.61. The summed E-state index contributed by atoms with van der Waals surface area (Å²) < 4.78 is 7.03. The lowest BCUT2D eigenvalue weighted by Crippen LogP contribution is -2.64. The summed E-state index contributed by atoms with van der Waals surface area (Å²) in [6.45, 7) is 5.20. The summed E-state index contributed by atoms with van der Waals surface area (Å²) in [6, 6.07) is 0.456. The fraction of sp³-hybridized carbons (Fsp3) is 0.824. The Balaban J connectivity index is 1.31. The monoisotopic (exact) mass is 611 g/mol. The second kappa shape index (κ2) is 11.4. The van der Waals surface area contributed by atoms with Crippen LogP contribution in [0.5, 0.6) is 0 Å². The molecule has 3 heterocycles. The third-order valence-corrected chi connectivity index (χ3v) is 13.6. The zero-order valence-electron chi connectivity index (χ0n) is 26.5. The largest absolute Gasteiger partial charge is 0.478 e. The number of aliphatic imine (C=N–C) groups is 1. The average molecular weight is 612 g/mol. The van der Waals surface area contributed by atoms with Gasteiger partial charge < -0.3 is 41.3 Å². The van der Waals surface area contributed by atoms with Gasteiger partial charge in [-0.05, 0) is 100.0 Å². The molecule has 4 aliphatic carbocycles. The second-order valence-electron chi connectivity index (χ2n) is 15.1. The quantitative estimate of drug-likeness (QED) is 0.151. The van der Waals surface area contributed by atoms with Crippen molar-refractivity contribution in [3.05, 3.63) is 23.4 Å². The number of aliphatic hydroxyl groups is 2. The van der Waals surface area contributed by atoms with Gasteiger partial charge in [0.25, 0.3) is 0 Å². The van der Waals surface area contributed by atoms with Gasteiger partial charge in [-0.2, -0.15) is 0 Å². The van der Waals surface area contributed by atoms with E-state index in [9.17, 15) is 20.1 Å². The smallest absolute Gasteiger partial charge is 0.334 e. The number of ether oxygens (including phenoxy) is 1. The van der Waals surface area contributed by atoms with Crippen molar-refractivity contribution in [2.24, 2.45) is 51.1 Å². The van der Waals surface area contributed by atoms with E-state index in [1.807, 2.05) is 11.1 Å². The van der Waals surface area contributed by atoms with Gasteiger partial charge >= 0.3 is 5.97 Å². The zero-order chi connectivity index (χ0) is 30.9. The molecule has 7 aliphatic rings. The van der Waals surface area contributed by atoms with Crippen LogP contribution in [0.1, 0.15) is 71.1 Å². The molecule has 0 aromatic rings. The van der Waals surface area contributed by atoms with Crippen LogP contribution in [-0.4, -0.2) is 95.8 Å². The van der Waals surface area contributed by atoms with Gasteiger partial charge in [0.05, 0.1) is 24.4 Å². The van der Waals surface area contributed by atoms with Crippen LogP contribution in [-0.2, 0) is 9.53 Å². The van der Waals surface area contributed by atoms with E-state index < -0.39 is 23.1 Å². The standard InChI is InChI=1S/C34H53N5O5/c1-20-5-8-22-16-25-28(30(41)42)34(43,27-10-7-21-6-9-26-24(29(21)44-27)4-3-12-38-26)18-32(20,25)33(22)19-39(31(35)36-2)14-11-23(33)17-37-13-15-40/h11,14,20-24,26-27,29,37-38,40,43H,3-10,12-13,15-19H2,1-2H3,(H2,35,36)(H,41,42). The molecule has 0 aromatic carbocycles. The number of rotatable bonds is 6. The Morgan fingerprint density at radius 3 is 2.82 bits per heavy atom. The first-order valence-corrected chi connectivity index (χ1v) is 17.3. The Kier molecular flexibility index (Phi) is 7.92. The van der Waals surface area contributed by atoms with Crippen LogP contribution in [0.15, 0.2) is 28.4 Å². The lowest BCUT2D eigenvalue weighted by molar-refractivity contribution is -0.205. The highest BCUT2D eigenvalue weighted by Gasteiger charge is 2.76. The highest BCUT2D eigenvalue weighted by atomic mass is 16.5. The first kappa shape index (κ1) is 30.7. The minimum atomic E-state index is -1.55. The number of carbonyl (C=O) groups is 1. The van der Waals surface area contributed by atoms with Gasteiger partial charge in [0, 0.05) is 55.7 Å². The van der Waals surface area contributed by atoms with E-state index in [1.165, 1.54) is 6.42 Å². The van der Waals surface area contributed by atoms with E-state index in [0.717, 1.165) is 50.6 Å². The van der Waals surface area contributed by atoms with Crippen molar-refractivity contribution in [3.63, 3.8) is 0 Å². The molecule has 3 saturated carbocycles. The normalized spacial score (nSPS) is 46.6. The molecule has 5 fully saturated rings. The van der Waals surface area contributed by atoms with Gasteiger partial charge in [-0.15, -0.1) is 0 Å². The van der Waals surface area contributed by atoms with Crippen molar-refractivity contribution in [1.82, 2.24) is 15.5 Å². The Hall–Kier alpha value is -1.98. The van der Waals surface area contributed by atoms with Crippen LogP contribution in [0.2, 0.25) is 0 Å². The number of guanidine groups is 1. The third kappa shape index (κ3) is 4.23. The number of fused-ring (bicyclic) bond motifs is 3. The van der Waals surface area contributed by atoms with Crippen LogP contribution >= 0.6 is 0 Å². The lowest BCUT2D eigenvalue weighted by atomic mass is 9.45. The molecule has 3 aliphatic heterocycles. The van der Waals surface area contributed by atoms with Crippen molar-refractivity contribution in [1.29, 1.82) is 0 Å². The number of piperidine rings is 1. The number of carboxylic acids is 1. The fourth-order valence-corrected chi connectivity index (χ4v) is 11.9. The van der Waals surface area contributed by atoms with Gasteiger partial charge in [-0.1, -0.05) is 13.0 Å². The molecule has 244 valence electrons. The fourth-order valence-electron chi connectivity index (χ4n) is 11.9. The zero-order valence-corrected chi connectivity index (χ0v) is 26.5. The highest BCUT2D eigenvalue weighted by Crippen LogP contribution is 2.77. The third-order valence-electron chi connectivity index (χ3n) is 13.6. The molecule has 2 bridgehead atoms. The molecular formula is C34H53N5O5. The first-order chi connectivity index (χ1) is 21.2. The molecule has 2 saturated heterocycles. The van der Waals surface area contributed by atoms with E-state index in [-0.39, 0.29) is 41.5 Å². The van der Waals surface area contributed by atoms with Crippen molar-refractivity contribution < 1.29 is 24.9 Å². The molecular weight excluding hydrogens is 558 g/mol. The summed E-state index contributed by atoms with van der Waals surface area (Å²) in [5, 5.41) is 40.7. The number of carboxylic acid groups (broad SMARTS) is 1. The van der Waals surface area contributed by atoms with Crippen molar-refractivity contribution >= 4 is 11.9 Å². The number of nitrogens with two attached hydrogens (primary N) is 1. The predicted molar refractivity (Wildman–Crippen MR) is 168 cm³/mol. The van der Waals surface area contributed by atoms with E-state index in [1.54, 1.807) is 7.05 Å². The number of nitrogens with one attached hydrogen (secondary N) is 2. The van der Waals surface area contributed by atoms with Crippen LogP contribution in [0.25, 0.3) is 0 Å². The highest BCUT2D eigenvalue weighted by molar-refractivity contribution is 5.92. The maximum Gasteiger partial charge on any atom is 0.334 e. The van der Waals surface area contributed by atoms with E-state index in [0.29, 0.717) is 62.7 Å². The van der Waals surface area contributed by atoms with Crippen LogP contribution in [0.3, 0.4) is 0 Å². The van der Waals surface area contributed by atoms with Crippen molar-refractivity contribution in [2.45, 2.75) is 95.0 Å². The Morgan fingerprint density at radius 1 is 1.23 bits per heavy atom. The molecule has 7 rings (SSSR count). The van der Waals surface area contributed by atoms with Crippen LogP contribution < -0.4 is 16.4 Å². The predicted octanol–water partition coefficient (Wildman–Crippen LogP) is 2.22. The number of hydrogen-bond acceptors (Lipinski definition) is 7. The molecule has 7 N–H and O–H groups in total. The van der Waals surface area contributed by atoms with Crippen LogP contribution in [0.4, 0.5) is 0 Å². The molecule has 10 heteroatoms. The summed E-state index contributed by atoms with van der Waals surface area (Å²) in [7, 11) is 1.70. The molecule has 0 aromatic heterocycles. The molecule has 0 amide bonds. The van der Waals surface area contributed by atoms with Gasteiger partial charge in [-0.25, -0.2) is 4.79 Å². The minimum Gasteiger partial charge on any atom is -0.478 e. The summed E-state index contributed by atoms with van der Waals surface area (Å²) in [5.41, 5.74) is 5.22. The Morgan fingerprint density at radius 2 is 2.05 bits per heavy atom. The van der Waals surface area contributed by atoms with Gasteiger partial charge in [0.1, 0.15) is 5.60 Å². The number of hydrogen-bond donors (Lipinski definition) is 6. The molecule has 11 unspecified atom stereocenters. The van der Waals surface area contributed by atoms with E-state index >= 15 is 0 Å². The van der Waals surface area contributed by atoms with Crippen molar-refractivity contribution in [2.75, 3.05) is 39.8 Å². The second-order valence-corrected chi connectivity index (χ2v) is 15.1. The Labute approximate surface area is 261 Å². The minimum absolute atomic E-state index is 0.0581. The summed E-state index contributed by atoms with van der Waals surface area (Å²) in [4.78, 5) is 19.8. The summed E-state index contributed by atoms with van der Waals surface area (Å²) >= 11 is 0. The van der Waals surface area contributed by atoms with E-state index in [2.05, 4.69) is 28.6 Å².